The van der Waals surface area contributed by atoms with E-state index in [0.717, 1.165) is 0 Å². The van der Waals surface area contributed by atoms with E-state index in [9.17, 15) is 22.8 Å². The van der Waals surface area contributed by atoms with Crippen LogP contribution in [0.1, 0.15) is 48.2 Å². The Morgan fingerprint density at radius 2 is 1.76 bits per heavy atom. The van der Waals surface area contributed by atoms with Gasteiger partial charge in [-0.15, -0.1) is 0 Å². The number of rotatable bonds is 2. The number of ketones is 3. The molecule has 1 fully saturated rings. The van der Waals surface area contributed by atoms with Crippen molar-refractivity contribution in [3.63, 3.8) is 0 Å². The van der Waals surface area contributed by atoms with E-state index in [-0.39, 0.29) is 40.5 Å². The zero-order valence-electron chi connectivity index (χ0n) is 14.3. The van der Waals surface area contributed by atoms with Crippen LogP contribution in [0.15, 0.2) is 11.0 Å². The lowest BCUT2D eigenvalue weighted by atomic mass is 9.69. The first kappa shape index (κ1) is 18.3. The molecule has 0 unspecified atom stereocenters. The van der Waals surface area contributed by atoms with E-state index in [4.69, 9.17) is 11.6 Å². The molecule has 5 nitrogen and oxygen atoms in total. The molecule has 0 bridgehead atoms. The lowest BCUT2D eigenvalue weighted by molar-refractivity contribution is -0.137. The van der Waals surface area contributed by atoms with E-state index >= 15 is 0 Å². The standard InChI is InChI=1S/C18H19ClO5S/c1-9-6-11(15(19)10-4-5-25(23,24)17(9)10)16(22)14-12(20)7-18(2,3)8-13(14)21/h6,14H,4-5,7-8H2,1-3H3. The van der Waals surface area contributed by atoms with Gasteiger partial charge >= 0.3 is 0 Å². The van der Waals surface area contributed by atoms with Crippen molar-refractivity contribution in [1.29, 1.82) is 0 Å². The highest BCUT2D eigenvalue weighted by atomic mass is 35.5. The number of fused-ring (bicyclic) bond motifs is 1. The number of Topliss-reactive ketones (excluding diaryl/α,β-unsaturated/α-hetero) is 3. The van der Waals surface area contributed by atoms with Gasteiger partial charge in [-0.3, -0.25) is 14.4 Å². The molecular formula is C18H19ClO5S. The molecule has 1 aromatic carbocycles. The molecule has 0 aromatic heterocycles. The summed E-state index contributed by atoms with van der Waals surface area (Å²) in [6.07, 6.45) is 0.550. The lowest BCUT2D eigenvalue weighted by Gasteiger charge is -2.31. The van der Waals surface area contributed by atoms with E-state index in [0.29, 0.717) is 11.1 Å². The van der Waals surface area contributed by atoms with Crippen LogP contribution in [-0.4, -0.2) is 31.5 Å². The third kappa shape index (κ3) is 2.95. The summed E-state index contributed by atoms with van der Waals surface area (Å²) in [5, 5.41) is 0.0529. The van der Waals surface area contributed by atoms with Gasteiger partial charge in [0.05, 0.1) is 15.7 Å². The van der Waals surface area contributed by atoms with E-state index in [2.05, 4.69) is 0 Å². The predicted octanol–water partition coefficient (Wildman–Crippen LogP) is 2.74. The Balaban J connectivity index is 2.07. The van der Waals surface area contributed by atoms with E-state index in [1.165, 1.54) is 6.07 Å². The minimum atomic E-state index is -3.39. The second-order valence-electron chi connectivity index (χ2n) is 7.68. The summed E-state index contributed by atoms with van der Waals surface area (Å²) in [6.45, 7) is 5.24. The van der Waals surface area contributed by atoms with Crippen molar-refractivity contribution < 1.29 is 22.8 Å². The molecule has 0 atom stereocenters. The van der Waals surface area contributed by atoms with Crippen molar-refractivity contribution in [3.8, 4) is 0 Å². The molecule has 0 N–H and O–H groups in total. The smallest absolute Gasteiger partial charge is 0.182 e. The SMILES string of the molecule is Cc1cc(C(=O)C2C(=O)CC(C)(C)CC2=O)c(Cl)c2c1S(=O)(=O)CC2. The summed E-state index contributed by atoms with van der Waals surface area (Å²) in [4.78, 5) is 37.8. The molecule has 0 saturated heterocycles. The van der Waals surface area contributed by atoms with Gasteiger partial charge in [0, 0.05) is 18.4 Å². The Bertz CT molecular complexity index is 907. The largest absolute Gasteiger partial charge is 0.298 e. The molecule has 3 rings (SSSR count). The zero-order valence-corrected chi connectivity index (χ0v) is 15.9. The molecule has 134 valence electrons. The van der Waals surface area contributed by atoms with Crippen LogP contribution < -0.4 is 0 Å². The Labute approximate surface area is 151 Å². The maximum atomic E-state index is 12.9. The average Bonchev–Trinajstić information content (AvgIpc) is 2.77. The number of halogens is 1. The van der Waals surface area contributed by atoms with Crippen molar-refractivity contribution in [2.75, 3.05) is 5.75 Å². The summed E-state index contributed by atoms with van der Waals surface area (Å²) in [6, 6.07) is 1.40. The van der Waals surface area contributed by atoms with Gasteiger partial charge in [0.2, 0.25) is 0 Å². The first-order chi connectivity index (χ1) is 11.4. The van der Waals surface area contributed by atoms with Crippen molar-refractivity contribution in [3.05, 3.63) is 27.8 Å². The highest BCUT2D eigenvalue weighted by molar-refractivity contribution is 7.91. The second kappa shape index (κ2) is 5.74. The fraction of sp³-hybridized carbons (Fsp3) is 0.500. The third-order valence-corrected chi connectivity index (χ3v) is 7.27. The Morgan fingerprint density at radius 3 is 2.32 bits per heavy atom. The van der Waals surface area contributed by atoms with Gasteiger partial charge in [0.25, 0.3) is 0 Å². The van der Waals surface area contributed by atoms with Crippen molar-refractivity contribution in [1.82, 2.24) is 0 Å². The third-order valence-electron chi connectivity index (χ3n) is 4.90. The number of sulfone groups is 1. The molecule has 7 heteroatoms. The maximum absolute atomic E-state index is 12.9. The summed E-state index contributed by atoms with van der Waals surface area (Å²) < 4.78 is 24.3. The van der Waals surface area contributed by atoms with Gasteiger partial charge in [0.15, 0.2) is 27.2 Å². The van der Waals surface area contributed by atoms with Crippen molar-refractivity contribution in [2.24, 2.45) is 11.3 Å². The monoisotopic (exact) mass is 382 g/mol. The maximum Gasteiger partial charge on any atom is 0.182 e. The van der Waals surface area contributed by atoms with Crippen LogP contribution in [0.2, 0.25) is 5.02 Å². The number of aryl methyl sites for hydroxylation is 1. The molecule has 1 heterocycles. The number of carbonyl (C=O) groups excluding carboxylic acids is 3. The molecule has 2 aliphatic rings. The number of carbonyl (C=O) groups is 3. The summed E-state index contributed by atoms with van der Waals surface area (Å²) in [7, 11) is -3.39. The summed E-state index contributed by atoms with van der Waals surface area (Å²) in [5.74, 6) is -2.79. The van der Waals surface area contributed by atoms with Gasteiger partial charge in [-0.2, -0.15) is 0 Å². The van der Waals surface area contributed by atoms with Crippen LogP contribution in [-0.2, 0) is 25.8 Å². The molecule has 0 spiro atoms. The number of hydrogen-bond acceptors (Lipinski definition) is 5. The van der Waals surface area contributed by atoms with E-state index in [1.54, 1.807) is 6.92 Å². The predicted molar refractivity (Wildman–Crippen MR) is 92.8 cm³/mol. The first-order valence-corrected chi connectivity index (χ1v) is 10.1. The Hall–Kier alpha value is -1.53. The molecule has 0 radical (unpaired) electrons. The van der Waals surface area contributed by atoms with E-state index < -0.39 is 38.5 Å². The summed E-state index contributed by atoms with van der Waals surface area (Å²) in [5.41, 5.74) is 0.468. The van der Waals surface area contributed by atoms with Gasteiger partial charge in [-0.25, -0.2) is 8.42 Å². The quantitative estimate of drug-likeness (QED) is 0.580. The van der Waals surface area contributed by atoms with Crippen LogP contribution in [0, 0.1) is 18.3 Å². The van der Waals surface area contributed by atoms with Crippen molar-refractivity contribution >= 4 is 38.8 Å². The van der Waals surface area contributed by atoms with Crippen LogP contribution in [0.3, 0.4) is 0 Å². The number of hydrogen-bond donors (Lipinski definition) is 0. The first-order valence-electron chi connectivity index (χ1n) is 8.09. The van der Waals surface area contributed by atoms with Crippen LogP contribution in [0.5, 0.6) is 0 Å². The average molecular weight is 383 g/mol. The molecule has 25 heavy (non-hydrogen) atoms. The highest BCUT2D eigenvalue weighted by Gasteiger charge is 2.44. The van der Waals surface area contributed by atoms with Gasteiger partial charge in [-0.05, 0) is 36.0 Å². The molecular weight excluding hydrogens is 364 g/mol. The lowest BCUT2D eigenvalue weighted by Crippen LogP contribution is -2.42. The molecule has 1 aliphatic carbocycles. The Morgan fingerprint density at radius 1 is 1.20 bits per heavy atom. The fourth-order valence-electron chi connectivity index (χ4n) is 3.86. The van der Waals surface area contributed by atoms with Crippen LogP contribution >= 0.6 is 11.6 Å². The highest BCUT2D eigenvalue weighted by Crippen LogP contribution is 2.40. The van der Waals surface area contributed by atoms with Gasteiger partial charge < -0.3 is 0 Å². The zero-order chi connectivity index (χ0) is 18.7. The molecule has 0 amide bonds. The van der Waals surface area contributed by atoms with Crippen molar-refractivity contribution in [2.45, 2.75) is 44.9 Å². The van der Waals surface area contributed by atoms with Gasteiger partial charge in [0.1, 0.15) is 5.92 Å². The summed E-state index contributed by atoms with van der Waals surface area (Å²) >= 11 is 6.31. The fourth-order valence-corrected chi connectivity index (χ4v) is 6.06. The van der Waals surface area contributed by atoms with Gasteiger partial charge in [-0.1, -0.05) is 25.4 Å². The molecule has 1 aromatic rings. The second-order valence-corrected chi connectivity index (χ2v) is 10.1. The number of benzene rings is 1. The minimum absolute atomic E-state index is 0.0456. The van der Waals surface area contributed by atoms with Crippen LogP contribution in [0.4, 0.5) is 0 Å². The minimum Gasteiger partial charge on any atom is -0.298 e. The normalized spacial score (nSPS) is 22.1. The molecule has 1 saturated carbocycles. The topological polar surface area (TPSA) is 85.3 Å². The van der Waals surface area contributed by atoms with Crippen LogP contribution in [0.25, 0.3) is 0 Å². The Kier molecular flexibility index (Phi) is 4.20. The molecule has 1 aliphatic heterocycles. The van der Waals surface area contributed by atoms with E-state index in [1.807, 2.05) is 13.8 Å².